The maximum absolute atomic E-state index is 12.4. The van der Waals surface area contributed by atoms with E-state index in [4.69, 9.17) is 15.2 Å². The Kier molecular flexibility index (Phi) is 5.98. The van der Waals surface area contributed by atoms with E-state index < -0.39 is 0 Å². The van der Waals surface area contributed by atoms with Gasteiger partial charge in [-0.3, -0.25) is 9.59 Å². The van der Waals surface area contributed by atoms with E-state index in [0.717, 1.165) is 5.56 Å². The molecule has 1 aromatic heterocycles. The molecule has 1 aliphatic heterocycles. The van der Waals surface area contributed by atoms with E-state index in [9.17, 15) is 9.59 Å². The average molecular weight is 384 g/mol. The summed E-state index contributed by atoms with van der Waals surface area (Å²) >= 11 is 0. The summed E-state index contributed by atoms with van der Waals surface area (Å²) in [5.41, 5.74) is 7.14. The van der Waals surface area contributed by atoms with Crippen LogP contribution in [0.5, 0.6) is 11.5 Å². The lowest BCUT2D eigenvalue weighted by Gasteiger charge is -2.17. The first-order chi connectivity index (χ1) is 13.5. The van der Waals surface area contributed by atoms with Gasteiger partial charge in [0.05, 0.1) is 32.0 Å². The highest BCUT2D eigenvalue weighted by atomic mass is 16.5. The van der Waals surface area contributed by atoms with Gasteiger partial charge in [-0.05, 0) is 36.2 Å². The molecule has 1 aliphatic rings. The molecule has 1 saturated heterocycles. The fourth-order valence-electron chi connectivity index (χ4n) is 3.19. The summed E-state index contributed by atoms with van der Waals surface area (Å²) in [5.74, 6) is 1.12. The number of anilines is 2. The number of rotatable bonds is 7. The van der Waals surface area contributed by atoms with Gasteiger partial charge in [0.2, 0.25) is 11.8 Å². The van der Waals surface area contributed by atoms with Crippen molar-refractivity contribution in [1.82, 2.24) is 9.88 Å². The number of ether oxygens (including phenoxy) is 2. The van der Waals surface area contributed by atoms with E-state index in [-0.39, 0.29) is 24.2 Å². The molecule has 3 N–H and O–H groups in total. The molecular weight excluding hydrogens is 360 g/mol. The Morgan fingerprint density at radius 1 is 1.25 bits per heavy atom. The van der Waals surface area contributed by atoms with Crippen LogP contribution < -0.4 is 20.5 Å². The summed E-state index contributed by atoms with van der Waals surface area (Å²) in [6, 6.07) is 8.99. The fraction of sp³-hybridized carbons (Fsp3) is 0.350. The second-order valence-electron chi connectivity index (χ2n) is 6.64. The Morgan fingerprint density at radius 2 is 2.04 bits per heavy atom. The Hall–Kier alpha value is -3.29. The standard InChI is InChI=1S/C20H24N4O4/c1-27-16-5-3-13(9-17(16)28-2)7-8-24-12-14(10-19(24)25)20(26)23-15-4-6-18(21)22-11-15/h3-6,9,11,14H,7-8,10,12H2,1-2H3,(H2,21,22)(H,23,26). The van der Waals surface area contributed by atoms with E-state index >= 15 is 0 Å². The van der Waals surface area contributed by atoms with E-state index in [1.165, 1.54) is 6.20 Å². The van der Waals surface area contributed by atoms with E-state index in [1.54, 1.807) is 31.3 Å². The first kappa shape index (κ1) is 19.5. The maximum atomic E-state index is 12.4. The lowest BCUT2D eigenvalue weighted by atomic mass is 10.1. The smallest absolute Gasteiger partial charge is 0.229 e. The number of nitrogen functional groups attached to an aromatic ring is 1. The van der Waals surface area contributed by atoms with Gasteiger partial charge in [0.25, 0.3) is 0 Å². The van der Waals surface area contributed by atoms with E-state index in [0.29, 0.717) is 42.5 Å². The van der Waals surface area contributed by atoms with Gasteiger partial charge in [0, 0.05) is 19.5 Å². The second kappa shape index (κ2) is 8.60. The summed E-state index contributed by atoms with van der Waals surface area (Å²) < 4.78 is 10.5. The average Bonchev–Trinajstić information content (AvgIpc) is 3.08. The lowest BCUT2D eigenvalue weighted by molar-refractivity contribution is -0.128. The highest BCUT2D eigenvalue weighted by molar-refractivity contribution is 5.97. The molecule has 0 spiro atoms. The number of pyridine rings is 1. The third-order valence-electron chi connectivity index (χ3n) is 4.76. The SMILES string of the molecule is COc1ccc(CCN2CC(C(=O)Nc3ccc(N)nc3)CC2=O)cc1OC. The molecule has 1 fully saturated rings. The zero-order valence-electron chi connectivity index (χ0n) is 16.0. The third-order valence-corrected chi connectivity index (χ3v) is 4.76. The Bertz CT molecular complexity index is 854. The molecule has 8 heteroatoms. The van der Waals surface area contributed by atoms with Crippen LogP contribution in [0.15, 0.2) is 36.5 Å². The highest BCUT2D eigenvalue weighted by Crippen LogP contribution is 2.28. The number of methoxy groups -OCH3 is 2. The fourth-order valence-corrected chi connectivity index (χ4v) is 3.19. The number of carbonyl (C=O) groups excluding carboxylic acids is 2. The molecule has 2 aromatic rings. The predicted molar refractivity (Wildman–Crippen MR) is 105 cm³/mol. The summed E-state index contributed by atoms with van der Waals surface area (Å²) in [4.78, 5) is 30.4. The molecule has 0 bridgehead atoms. The summed E-state index contributed by atoms with van der Waals surface area (Å²) in [7, 11) is 3.18. The van der Waals surface area contributed by atoms with Gasteiger partial charge in [-0.15, -0.1) is 0 Å². The number of hydrogen-bond donors (Lipinski definition) is 2. The van der Waals surface area contributed by atoms with Crippen LogP contribution in [0.3, 0.4) is 0 Å². The van der Waals surface area contributed by atoms with Gasteiger partial charge in [-0.2, -0.15) is 0 Å². The number of benzene rings is 1. The summed E-state index contributed by atoms with van der Waals surface area (Å²) in [6.07, 6.45) is 2.38. The van der Waals surface area contributed by atoms with Crippen molar-refractivity contribution in [2.45, 2.75) is 12.8 Å². The predicted octanol–water partition coefficient (Wildman–Crippen LogP) is 1.71. The van der Waals surface area contributed by atoms with Crippen LogP contribution in [-0.2, 0) is 16.0 Å². The molecule has 0 saturated carbocycles. The Balaban J connectivity index is 1.55. The number of nitrogens with one attached hydrogen (secondary N) is 1. The Morgan fingerprint density at radius 3 is 2.71 bits per heavy atom. The van der Waals surface area contributed by atoms with Crippen molar-refractivity contribution < 1.29 is 19.1 Å². The quantitative estimate of drug-likeness (QED) is 0.753. The van der Waals surface area contributed by atoms with Crippen LogP contribution in [0.25, 0.3) is 0 Å². The van der Waals surface area contributed by atoms with Crippen LogP contribution in [0.2, 0.25) is 0 Å². The van der Waals surface area contributed by atoms with Crippen molar-refractivity contribution in [3.05, 3.63) is 42.1 Å². The van der Waals surface area contributed by atoms with Gasteiger partial charge in [-0.1, -0.05) is 6.07 Å². The molecule has 148 valence electrons. The minimum Gasteiger partial charge on any atom is -0.493 e. The Labute approximate surface area is 163 Å². The number of hydrogen-bond acceptors (Lipinski definition) is 6. The van der Waals surface area contributed by atoms with Crippen molar-refractivity contribution in [1.29, 1.82) is 0 Å². The first-order valence-electron chi connectivity index (χ1n) is 9.01. The van der Waals surface area contributed by atoms with Crippen LogP contribution in [0.4, 0.5) is 11.5 Å². The normalized spacial score (nSPS) is 16.1. The second-order valence-corrected chi connectivity index (χ2v) is 6.64. The van der Waals surface area contributed by atoms with E-state index in [2.05, 4.69) is 10.3 Å². The van der Waals surface area contributed by atoms with Crippen molar-refractivity contribution in [3.8, 4) is 11.5 Å². The molecule has 0 radical (unpaired) electrons. The van der Waals surface area contributed by atoms with E-state index in [1.807, 2.05) is 18.2 Å². The number of amides is 2. The molecule has 2 amide bonds. The van der Waals surface area contributed by atoms with Gasteiger partial charge in [0.15, 0.2) is 11.5 Å². The van der Waals surface area contributed by atoms with Crippen molar-refractivity contribution in [3.63, 3.8) is 0 Å². The number of nitrogens with two attached hydrogens (primary N) is 1. The van der Waals surface area contributed by atoms with Crippen LogP contribution in [0, 0.1) is 5.92 Å². The third kappa shape index (κ3) is 4.51. The maximum Gasteiger partial charge on any atom is 0.229 e. The lowest BCUT2D eigenvalue weighted by Crippen LogP contribution is -2.30. The summed E-state index contributed by atoms with van der Waals surface area (Å²) in [6.45, 7) is 0.946. The molecule has 0 aliphatic carbocycles. The molecule has 1 aromatic carbocycles. The van der Waals surface area contributed by atoms with Crippen LogP contribution >= 0.6 is 0 Å². The zero-order valence-corrected chi connectivity index (χ0v) is 16.0. The van der Waals surface area contributed by atoms with Crippen LogP contribution in [0.1, 0.15) is 12.0 Å². The molecule has 1 unspecified atom stereocenters. The summed E-state index contributed by atoms with van der Waals surface area (Å²) in [5, 5.41) is 2.79. The molecule has 3 rings (SSSR count). The number of likely N-dealkylation sites (tertiary alicyclic amines) is 1. The molecule has 28 heavy (non-hydrogen) atoms. The molecule has 8 nitrogen and oxygen atoms in total. The highest BCUT2D eigenvalue weighted by Gasteiger charge is 2.34. The molecule has 1 atom stereocenters. The van der Waals surface area contributed by atoms with Crippen molar-refractivity contribution >= 4 is 23.3 Å². The topological polar surface area (TPSA) is 107 Å². The van der Waals surface area contributed by atoms with Gasteiger partial charge < -0.3 is 25.4 Å². The zero-order chi connectivity index (χ0) is 20.1. The molecule has 2 heterocycles. The minimum atomic E-state index is -0.379. The van der Waals surface area contributed by atoms with Crippen LogP contribution in [-0.4, -0.2) is 49.0 Å². The number of aromatic nitrogens is 1. The number of carbonyl (C=O) groups is 2. The minimum absolute atomic E-state index is 0.0175. The monoisotopic (exact) mass is 384 g/mol. The number of nitrogens with zero attached hydrogens (tertiary/aromatic N) is 2. The first-order valence-corrected chi connectivity index (χ1v) is 9.01. The van der Waals surface area contributed by atoms with Crippen molar-refractivity contribution in [2.75, 3.05) is 38.4 Å². The van der Waals surface area contributed by atoms with Gasteiger partial charge in [-0.25, -0.2) is 4.98 Å². The van der Waals surface area contributed by atoms with Gasteiger partial charge >= 0.3 is 0 Å². The largest absolute Gasteiger partial charge is 0.493 e. The van der Waals surface area contributed by atoms with Gasteiger partial charge in [0.1, 0.15) is 5.82 Å². The van der Waals surface area contributed by atoms with Crippen molar-refractivity contribution in [2.24, 2.45) is 5.92 Å². The molecular formula is C20H24N4O4.